The first-order valence-corrected chi connectivity index (χ1v) is 4.73. The van der Waals surface area contributed by atoms with Gasteiger partial charge in [-0.1, -0.05) is 18.5 Å². The molecule has 0 spiro atoms. The minimum Gasteiger partial charge on any atom is -0.416 e. The van der Waals surface area contributed by atoms with Gasteiger partial charge in [-0.05, 0) is 0 Å². The Labute approximate surface area is 92.5 Å². The van der Waals surface area contributed by atoms with E-state index in [1.807, 2.05) is 0 Å². The number of amides is 1. The van der Waals surface area contributed by atoms with E-state index in [0.717, 1.165) is 0 Å². The van der Waals surface area contributed by atoms with Crippen molar-refractivity contribution in [3.63, 3.8) is 0 Å². The lowest BCUT2D eigenvalue weighted by Crippen LogP contribution is -2.15. The first kappa shape index (κ1) is 11.9. The molecule has 0 atom stereocenters. The van der Waals surface area contributed by atoms with Crippen LogP contribution in [-0.2, 0) is 9.59 Å². The van der Waals surface area contributed by atoms with Crippen molar-refractivity contribution in [2.24, 2.45) is 0 Å². The molecule has 1 heterocycles. The number of anilines is 1. The molecular weight excluding hydrogens is 210 g/mol. The number of rotatable bonds is 4. The van der Waals surface area contributed by atoms with E-state index in [0.29, 0.717) is 12.3 Å². The van der Waals surface area contributed by atoms with Crippen LogP contribution < -0.4 is 5.32 Å². The summed E-state index contributed by atoms with van der Waals surface area (Å²) in [7, 11) is 0. The Morgan fingerprint density at radius 1 is 1.56 bits per heavy atom. The number of oxazole rings is 1. The maximum absolute atomic E-state index is 11.3. The van der Waals surface area contributed by atoms with Crippen molar-refractivity contribution in [1.82, 2.24) is 4.98 Å². The van der Waals surface area contributed by atoms with E-state index in [-0.39, 0.29) is 23.9 Å². The second-order valence-corrected chi connectivity index (χ2v) is 3.11. The highest BCUT2D eigenvalue weighted by atomic mass is 16.4. The largest absolute Gasteiger partial charge is 0.416 e. The van der Waals surface area contributed by atoms with Crippen molar-refractivity contribution in [2.45, 2.75) is 26.7 Å². The Kier molecular flexibility index (Phi) is 3.78. The molecule has 0 radical (unpaired) electrons. The van der Waals surface area contributed by atoms with E-state index in [2.05, 4.69) is 15.1 Å². The summed E-state index contributed by atoms with van der Waals surface area (Å²) in [5, 5.41) is 2.34. The van der Waals surface area contributed by atoms with Gasteiger partial charge in [-0.15, -0.1) is 0 Å². The van der Waals surface area contributed by atoms with Crippen molar-refractivity contribution in [2.75, 3.05) is 5.32 Å². The van der Waals surface area contributed by atoms with Crippen LogP contribution in [0.4, 0.5) is 11.7 Å². The van der Waals surface area contributed by atoms with Gasteiger partial charge >= 0.3 is 5.82 Å². The number of ketones is 1. The minimum atomic E-state index is -0.493. The summed E-state index contributed by atoms with van der Waals surface area (Å²) >= 11 is 0. The molecule has 1 amide bonds. The molecule has 0 aliphatic rings. The van der Waals surface area contributed by atoms with Crippen molar-refractivity contribution in [3.05, 3.63) is 17.3 Å². The number of carbonyl (C=O) groups is 2. The summed E-state index contributed by atoms with van der Waals surface area (Å²) < 4.78 is 5.02. The Bertz CT molecular complexity index is 456. The highest BCUT2D eigenvalue weighted by molar-refractivity contribution is 6.04. The maximum atomic E-state index is 11.3. The lowest BCUT2D eigenvalue weighted by molar-refractivity contribution is -0.125. The molecule has 1 aromatic heterocycles. The second-order valence-electron chi connectivity index (χ2n) is 3.11. The van der Waals surface area contributed by atoms with E-state index in [1.165, 1.54) is 0 Å². The zero-order valence-electron chi connectivity index (χ0n) is 9.03. The fourth-order valence-corrected chi connectivity index (χ4v) is 1.05. The van der Waals surface area contributed by atoms with Crippen LogP contribution in [0.15, 0.2) is 4.42 Å². The highest BCUT2D eigenvalue weighted by Gasteiger charge is 2.16. The number of nitrogens with zero attached hydrogens (tertiary/aromatic N) is 2. The van der Waals surface area contributed by atoms with Gasteiger partial charge in [0.05, 0.1) is 6.42 Å². The van der Waals surface area contributed by atoms with Gasteiger partial charge in [-0.3, -0.25) is 9.59 Å². The Morgan fingerprint density at radius 3 is 2.81 bits per heavy atom. The Hall–Kier alpha value is -2.16. The Balaban J connectivity index is 2.70. The van der Waals surface area contributed by atoms with Crippen molar-refractivity contribution < 1.29 is 14.0 Å². The normalized spacial score (nSPS) is 9.56. The second kappa shape index (κ2) is 5.07. The molecule has 1 rings (SSSR count). The summed E-state index contributed by atoms with van der Waals surface area (Å²) in [6.07, 6.45) is 0.0895. The molecule has 16 heavy (non-hydrogen) atoms. The number of nitrogens with one attached hydrogen (secondary N) is 1. The molecule has 0 bridgehead atoms. The van der Waals surface area contributed by atoms with Crippen LogP contribution >= 0.6 is 0 Å². The van der Waals surface area contributed by atoms with Crippen LogP contribution in [0.2, 0.25) is 0 Å². The predicted molar refractivity (Wildman–Crippen MR) is 56.0 cm³/mol. The average molecular weight is 221 g/mol. The van der Waals surface area contributed by atoms with Crippen LogP contribution in [0.3, 0.4) is 0 Å². The monoisotopic (exact) mass is 221 g/mol. The predicted octanol–water partition coefficient (Wildman–Crippen LogP) is 1.84. The van der Waals surface area contributed by atoms with Gasteiger partial charge in [-0.2, -0.15) is 0 Å². The third-order valence-electron chi connectivity index (χ3n) is 1.83. The molecule has 0 fully saturated rings. The average Bonchev–Trinajstić information content (AvgIpc) is 2.58. The SMILES string of the molecule is [C-]#[N+]c1nc(C)oc1NC(=O)CC(=O)CC. The van der Waals surface area contributed by atoms with Crippen molar-refractivity contribution >= 4 is 23.4 Å². The van der Waals surface area contributed by atoms with Gasteiger partial charge in [0.25, 0.3) is 5.89 Å². The van der Waals surface area contributed by atoms with Gasteiger partial charge < -0.3 is 14.6 Å². The summed E-state index contributed by atoms with van der Waals surface area (Å²) in [6, 6.07) is 0. The molecule has 6 nitrogen and oxygen atoms in total. The molecular formula is C10H11N3O3. The fourth-order valence-electron chi connectivity index (χ4n) is 1.05. The fraction of sp³-hybridized carbons (Fsp3) is 0.400. The van der Waals surface area contributed by atoms with E-state index in [4.69, 9.17) is 11.0 Å². The molecule has 6 heteroatoms. The third kappa shape index (κ3) is 2.92. The van der Waals surface area contributed by atoms with Gasteiger partial charge in [0.1, 0.15) is 5.78 Å². The molecule has 0 saturated heterocycles. The molecule has 0 unspecified atom stereocenters. The molecule has 0 saturated carbocycles. The number of aromatic nitrogens is 1. The van der Waals surface area contributed by atoms with Gasteiger partial charge in [0, 0.05) is 13.3 Å². The van der Waals surface area contributed by atoms with Crippen LogP contribution in [0.25, 0.3) is 4.85 Å². The zero-order valence-corrected chi connectivity index (χ0v) is 9.03. The van der Waals surface area contributed by atoms with E-state index in [9.17, 15) is 9.59 Å². The molecule has 0 aliphatic heterocycles. The first-order valence-electron chi connectivity index (χ1n) is 4.73. The lowest BCUT2D eigenvalue weighted by atomic mass is 10.2. The smallest absolute Gasteiger partial charge is 0.333 e. The van der Waals surface area contributed by atoms with Gasteiger partial charge in [0.15, 0.2) is 0 Å². The quantitative estimate of drug-likeness (QED) is 0.621. The topological polar surface area (TPSA) is 76.6 Å². The van der Waals surface area contributed by atoms with Crippen LogP contribution in [0.5, 0.6) is 0 Å². The van der Waals surface area contributed by atoms with Crippen LogP contribution in [0.1, 0.15) is 25.7 Å². The summed E-state index contributed by atoms with van der Waals surface area (Å²) in [6.45, 7) is 10.1. The molecule has 0 aromatic carbocycles. The summed E-state index contributed by atoms with van der Waals surface area (Å²) in [5.74, 6) is -0.370. The summed E-state index contributed by atoms with van der Waals surface area (Å²) in [4.78, 5) is 29.2. The van der Waals surface area contributed by atoms with Crippen molar-refractivity contribution in [3.8, 4) is 0 Å². The van der Waals surface area contributed by atoms with E-state index in [1.54, 1.807) is 13.8 Å². The lowest BCUT2D eigenvalue weighted by Gasteiger charge is -2.00. The number of hydrogen-bond donors (Lipinski definition) is 1. The maximum Gasteiger partial charge on any atom is 0.333 e. The minimum absolute atomic E-state index is 0.00130. The third-order valence-corrected chi connectivity index (χ3v) is 1.83. The molecule has 0 aliphatic carbocycles. The molecule has 84 valence electrons. The van der Waals surface area contributed by atoms with Crippen LogP contribution in [-0.4, -0.2) is 16.7 Å². The van der Waals surface area contributed by atoms with Gasteiger partial charge in [0.2, 0.25) is 11.8 Å². The molecule has 1 N–H and O–H groups in total. The number of Topliss-reactive ketones (excluding diaryl/α,β-unsaturated/α-hetero) is 1. The van der Waals surface area contributed by atoms with Crippen LogP contribution in [0, 0.1) is 13.5 Å². The van der Waals surface area contributed by atoms with E-state index >= 15 is 0 Å². The molecule has 1 aromatic rings. The first-order chi connectivity index (χ1) is 7.56. The standard InChI is InChI=1S/C10H11N3O3/c1-4-7(14)5-8(15)13-10-9(11-3)12-6(2)16-10/h4-5H2,1-2H3,(H,13,15). The zero-order chi connectivity index (χ0) is 12.1. The summed E-state index contributed by atoms with van der Waals surface area (Å²) in [5.41, 5.74) is 0. The number of aryl methyl sites for hydroxylation is 1. The van der Waals surface area contributed by atoms with E-state index < -0.39 is 5.91 Å². The van der Waals surface area contributed by atoms with Gasteiger partial charge in [-0.25, -0.2) is 0 Å². The van der Waals surface area contributed by atoms with Crippen molar-refractivity contribution in [1.29, 1.82) is 0 Å². The number of hydrogen-bond acceptors (Lipinski definition) is 4. The highest BCUT2D eigenvalue weighted by Crippen LogP contribution is 2.24. The Morgan fingerprint density at radius 2 is 2.25 bits per heavy atom. The number of carbonyl (C=O) groups excluding carboxylic acids is 2.